The number of likely N-dealkylation sites (tertiary alicyclic amines) is 1. The van der Waals surface area contributed by atoms with Crippen LogP contribution < -0.4 is 5.69 Å². The normalized spacial score (nSPS) is 14.9. The largest absolute Gasteiger partial charge is 0.380 e. The van der Waals surface area contributed by atoms with Crippen molar-refractivity contribution >= 4 is 16.9 Å². The summed E-state index contributed by atoms with van der Waals surface area (Å²) in [5.41, 5.74) is 1.97. The number of carbonyl (C=O) groups excluding carboxylic acids is 1. The zero-order valence-corrected chi connectivity index (χ0v) is 12.8. The van der Waals surface area contributed by atoms with Gasteiger partial charge in [0, 0.05) is 25.3 Å². The molecule has 0 unspecified atom stereocenters. The fraction of sp³-hybridized carbons (Fsp3) is 0.500. The van der Waals surface area contributed by atoms with Crippen molar-refractivity contribution in [2.45, 2.75) is 26.3 Å². The van der Waals surface area contributed by atoms with Gasteiger partial charge in [-0.3, -0.25) is 9.36 Å². The summed E-state index contributed by atoms with van der Waals surface area (Å²) in [7, 11) is 0. The standard InChI is InChI=1S/C16H21N3O3/c1-2-22-10-9-19-14-6-5-12(11-13(14)17-16(19)21)15(20)18-7-3-4-8-18/h5-6,11H,2-4,7-10H2,1H3,(H,17,21). The van der Waals surface area contributed by atoms with E-state index in [0.717, 1.165) is 31.4 Å². The van der Waals surface area contributed by atoms with Crippen LogP contribution in [0, 0.1) is 0 Å². The Hall–Kier alpha value is -2.08. The summed E-state index contributed by atoms with van der Waals surface area (Å²) in [6, 6.07) is 5.41. The third kappa shape index (κ3) is 2.78. The molecule has 1 fully saturated rings. The van der Waals surface area contributed by atoms with Gasteiger partial charge < -0.3 is 14.6 Å². The van der Waals surface area contributed by atoms with Crippen LogP contribution in [0.1, 0.15) is 30.1 Å². The fourth-order valence-electron chi connectivity index (χ4n) is 2.92. The topological polar surface area (TPSA) is 67.3 Å². The summed E-state index contributed by atoms with van der Waals surface area (Å²) in [6.45, 7) is 5.20. The number of aromatic nitrogens is 2. The van der Waals surface area contributed by atoms with Gasteiger partial charge in [-0.25, -0.2) is 4.79 Å². The maximum absolute atomic E-state index is 12.4. The number of carbonyl (C=O) groups is 1. The number of amides is 1. The number of H-pyrrole nitrogens is 1. The van der Waals surface area contributed by atoms with Crippen LogP contribution in [0.3, 0.4) is 0 Å². The lowest BCUT2D eigenvalue weighted by molar-refractivity contribution is 0.0793. The molecule has 2 aromatic rings. The molecule has 1 aromatic heterocycles. The predicted molar refractivity (Wildman–Crippen MR) is 84.2 cm³/mol. The lowest BCUT2D eigenvalue weighted by Crippen LogP contribution is -2.27. The number of ether oxygens (including phenoxy) is 1. The molecular weight excluding hydrogens is 282 g/mol. The zero-order chi connectivity index (χ0) is 15.5. The van der Waals surface area contributed by atoms with Crippen LogP contribution in [0.15, 0.2) is 23.0 Å². The Kier molecular flexibility index (Phi) is 4.29. The lowest BCUT2D eigenvalue weighted by atomic mass is 10.1. The van der Waals surface area contributed by atoms with E-state index in [2.05, 4.69) is 4.98 Å². The molecule has 1 aliphatic heterocycles. The highest BCUT2D eigenvalue weighted by Gasteiger charge is 2.20. The van der Waals surface area contributed by atoms with E-state index >= 15 is 0 Å². The molecule has 1 aliphatic rings. The second-order valence-electron chi connectivity index (χ2n) is 5.51. The number of benzene rings is 1. The molecular formula is C16H21N3O3. The maximum atomic E-state index is 12.4. The molecule has 0 atom stereocenters. The molecule has 0 aliphatic carbocycles. The second-order valence-corrected chi connectivity index (χ2v) is 5.51. The van der Waals surface area contributed by atoms with Crippen molar-refractivity contribution in [3.8, 4) is 0 Å². The molecule has 0 radical (unpaired) electrons. The van der Waals surface area contributed by atoms with E-state index in [1.165, 1.54) is 0 Å². The highest BCUT2D eigenvalue weighted by molar-refractivity contribution is 5.97. The predicted octanol–water partition coefficient (Wildman–Crippen LogP) is 1.60. The van der Waals surface area contributed by atoms with Gasteiger partial charge in [-0.1, -0.05) is 0 Å². The minimum Gasteiger partial charge on any atom is -0.380 e. The average molecular weight is 303 g/mol. The molecule has 0 spiro atoms. The molecule has 22 heavy (non-hydrogen) atoms. The number of rotatable bonds is 5. The first-order valence-corrected chi connectivity index (χ1v) is 7.80. The van der Waals surface area contributed by atoms with E-state index in [1.807, 2.05) is 17.9 Å². The Morgan fingerprint density at radius 3 is 2.82 bits per heavy atom. The Labute approximate surface area is 128 Å². The smallest absolute Gasteiger partial charge is 0.326 e. The first-order valence-electron chi connectivity index (χ1n) is 7.80. The van der Waals surface area contributed by atoms with Crippen LogP contribution in [0.5, 0.6) is 0 Å². The summed E-state index contributed by atoms with van der Waals surface area (Å²) in [6.07, 6.45) is 2.14. The molecule has 6 heteroatoms. The molecule has 2 heterocycles. The number of hydrogen-bond donors (Lipinski definition) is 1. The van der Waals surface area contributed by atoms with Gasteiger partial charge in [0.15, 0.2) is 0 Å². The first kappa shape index (κ1) is 14.8. The summed E-state index contributed by atoms with van der Waals surface area (Å²) in [4.78, 5) is 29.1. The van der Waals surface area contributed by atoms with E-state index < -0.39 is 0 Å². The van der Waals surface area contributed by atoms with Crippen molar-refractivity contribution in [3.05, 3.63) is 34.2 Å². The molecule has 3 rings (SSSR count). The number of hydrogen-bond acceptors (Lipinski definition) is 3. The van der Waals surface area contributed by atoms with E-state index in [1.54, 1.807) is 16.7 Å². The molecule has 118 valence electrons. The quantitative estimate of drug-likeness (QED) is 0.853. The number of fused-ring (bicyclic) bond motifs is 1. The summed E-state index contributed by atoms with van der Waals surface area (Å²) in [5, 5.41) is 0. The van der Waals surface area contributed by atoms with E-state index in [4.69, 9.17) is 4.74 Å². The highest BCUT2D eigenvalue weighted by atomic mass is 16.5. The number of aromatic amines is 1. The van der Waals surface area contributed by atoms with Crippen molar-refractivity contribution in [2.24, 2.45) is 0 Å². The molecule has 0 saturated carbocycles. The molecule has 1 saturated heterocycles. The Morgan fingerprint density at radius 2 is 2.09 bits per heavy atom. The van der Waals surface area contributed by atoms with Gasteiger partial charge in [-0.15, -0.1) is 0 Å². The van der Waals surface area contributed by atoms with Gasteiger partial charge in [0.1, 0.15) is 0 Å². The van der Waals surface area contributed by atoms with Gasteiger partial charge in [-0.2, -0.15) is 0 Å². The Bertz CT molecular complexity index is 726. The molecule has 1 amide bonds. The van der Waals surface area contributed by atoms with Crippen molar-refractivity contribution in [1.82, 2.24) is 14.5 Å². The van der Waals surface area contributed by atoms with Crippen LogP contribution in [-0.4, -0.2) is 46.7 Å². The Morgan fingerprint density at radius 1 is 1.32 bits per heavy atom. The van der Waals surface area contributed by atoms with Crippen molar-refractivity contribution in [3.63, 3.8) is 0 Å². The minimum atomic E-state index is -0.166. The third-order valence-electron chi connectivity index (χ3n) is 4.08. The molecule has 0 bridgehead atoms. The summed E-state index contributed by atoms with van der Waals surface area (Å²) >= 11 is 0. The zero-order valence-electron chi connectivity index (χ0n) is 12.8. The van der Waals surface area contributed by atoms with Gasteiger partial charge in [0.2, 0.25) is 0 Å². The van der Waals surface area contributed by atoms with Gasteiger partial charge in [0.25, 0.3) is 5.91 Å². The van der Waals surface area contributed by atoms with E-state index in [9.17, 15) is 9.59 Å². The van der Waals surface area contributed by atoms with Gasteiger partial charge >= 0.3 is 5.69 Å². The number of nitrogens with one attached hydrogen (secondary N) is 1. The van der Waals surface area contributed by atoms with Crippen LogP contribution >= 0.6 is 0 Å². The summed E-state index contributed by atoms with van der Waals surface area (Å²) in [5.74, 6) is 0.0438. The Balaban J connectivity index is 1.87. The minimum absolute atomic E-state index is 0.0438. The van der Waals surface area contributed by atoms with Gasteiger partial charge in [-0.05, 0) is 38.0 Å². The number of nitrogens with zero attached hydrogens (tertiary/aromatic N) is 2. The molecule has 1 N–H and O–H groups in total. The molecule has 6 nitrogen and oxygen atoms in total. The second kappa shape index (κ2) is 6.36. The van der Waals surface area contributed by atoms with E-state index in [-0.39, 0.29) is 11.6 Å². The fourth-order valence-corrected chi connectivity index (χ4v) is 2.92. The van der Waals surface area contributed by atoms with Crippen molar-refractivity contribution < 1.29 is 9.53 Å². The van der Waals surface area contributed by atoms with Crippen LogP contribution in [0.2, 0.25) is 0 Å². The molecule has 1 aromatic carbocycles. The van der Waals surface area contributed by atoms with E-state index in [0.29, 0.717) is 30.8 Å². The SMILES string of the molecule is CCOCCn1c(=O)[nH]c2cc(C(=O)N3CCCC3)ccc21. The van der Waals surface area contributed by atoms with Gasteiger partial charge in [0.05, 0.1) is 24.2 Å². The van der Waals surface area contributed by atoms with Crippen LogP contribution in [-0.2, 0) is 11.3 Å². The average Bonchev–Trinajstić information content (AvgIpc) is 3.14. The van der Waals surface area contributed by atoms with Crippen LogP contribution in [0.4, 0.5) is 0 Å². The third-order valence-corrected chi connectivity index (χ3v) is 4.08. The van der Waals surface area contributed by atoms with Crippen molar-refractivity contribution in [2.75, 3.05) is 26.3 Å². The highest BCUT2D eigenvalue weighted by Crippen LogP contribution is 2.17. The van der Waals surface area contributed by atoms with Crippen LogP contribution in [0.25, 0.3) is 11.0 Å². The monoisotopic (exact) mass is 303 g/mol. The number of imidazole rings is 1. The summed E-state index contributed by atoms with van der Waals surface area (Å²) < 4.78 is 6.95. The lowest BCUT2D eigenvalue weighted by Gasteiger charge is -2.15. The van der Waals surface area contributed by atoms with Crippen molar-refractivity contribution in [1.29, 1.82) is 0 Å². The maximum Gasteiger partial charge on any atom is 0.326 e. The first-order chi connectivity index (χ1) is 10.7.